The van der Waals surface area contributed by atoms with Crippen LogP contribution in [0, 0.1) is 12.8 Å². The number of halogens is 3. The van der Waals surface area contributed by atoms with Crippen molar-refractivity contribution in [1.82, 2.24) is 9.88 Å². The average Bonchev–Trinajstić information content (AvgIpc) is 3.03. The number of alkyl halides is 3. The van der Waals surface area contributed by atoms with Gasteiger partial charge >= 0.3 is 6.18 Å². The first-order valence-electron chi connectivity index (χ1n) is 10.8. The zero-order valence-electron chi connectivity index (χ0n) is 19.2. The van der Waals surface area contributed by atoms with Crippen LogP contribution in [0.2, 0.25) is 0 Å². The number of amides is 1. The fraction of sp³-hybridized carbons (Fsp3) is 0.320. The molecule has 0 bridgehead atoms. The second kappa shape index (κ2) is 10.0. The van der Waals surface area contributed by atoms with Crippen molar-refractivity contribution < 1.29 is 18.0 Å². The standard InChI is InChI=1S/C25H29F3N4O/c1-16(2)14-30-22-17(3)32(15-18-10-12-19(13-11-18)25(26,27)28)23(21(22)24(33)29-4)31-20-8-6-5-7-9-20/h5-13,16,30-31H,14-15H2,1-4H3,(H,29,33). The highest BCUT2D eigenvalue weighted by atomic mass is 19.4. The Hall–Kier alpha value is -3.42. The van der Waals surface area contributed by atoms with Gasteiger partial charge in [-0.15, -0.1) is 0 Å². The van der Waals surface area contributed by atoms with Crippen LogP contribution in [0.5, 0.6) is 0 Å². The number of anilines is 3. The van der Waals surface area contributed by atoms with E-state index in [1.54, 1.807) is 7.05 Å². The van der Waals surface area contributed by atoms with Crippen molar-refractivity contribution in [3.63, 3.8) is 0 Å². The van der Waals surface area contributed by atoms with Crippen LogP contribution in [-0.4, -0.2) is 24.1 Å². The van der Waals surface area contributed by atoms with Gasteiger partial charge in [0.05, 0.1) is 11.3 Å². The van der Waals surface area contributed by atoms with E-state index in [1.165, 1.54) is 12.1 Å². The van der Waals surface area contributed by atoms with Gasteiger partial charge in [-0.3, -0.25) is 4.79 Å². The SMILES string of the molecule is CNC(=O)c1c(NCC(C)C)c(C)n(Cc2ccc(C(F)(F)F)cc2)c1Nc1ccccc1. The Morgan fingerprint density at radius 1 is 1.03 bits per heavy atom. The fourth-order valence-corrected chi connectivity index (χ4v) is 3.57. The van der Waals surface area contributed by atoms with E-state index in [0.717, 1.165) is 23.5 Å². The second-order valence-electron chi connectivity index (χ2n) is 8.31. The smallest absolute Gasteiger partial charge is 0.383 e. The molecule has 0 saturated heterocycles. The molecule has 0 saturated carbocycles. The molecule has 2 aromatic carbocycles. The van der Waals surface area contributed by atoms with Gasteiger partial charge in [-0.1, -0.05) is 44.2 Å². The van der Waals surface area contributed by atoms with E-state index in [4.69, 9.17) is 0 Å². The second-order valence-corrected chi connectivity index (χ2v) is 8.31. The van der Waals surface area contributed by atoms with E-state index >= 15 is 0 Å². The number of benzene rings is 2. The van der Waals surface area contributed by atoms with Gasteiger partial charge < -0.3 is 20.5 Å². The summed E-state index contributed by atoms with van der Waals surface area (Å²) in [6.45, 7) is 7.01. The molecule has 176 valence electrons. The van der Waals surface area contributed by atoms with Crippen LogP contribution in [0.4, 0.5) is 30.4 Å². The molecule has 0 fully saturated rings. The quantitative estimate of drug-likeness (QED) is 0.386. The lowest BCUT2D eigenvalue weighted by Gasteiger charge is -2.15. The van der Waals surface area contributed by atoms with Crippen molar-refractivity contribution >= 4 is 23.1 Å². The van der Waals surface area contributed by atoms with Gasteiger partial charge in [-0.25, -0.2) is 0 Å². The number of hydrogen-bond acceptors (Lipinski definition) is 3. The van der Waals surface area contributed by atoms with Crippen LogP contribution in [0.15, 0.2) is 54.6 Å². The van der Waals surface area contributed by atoms with Crippen LogP contribution in [-0.2, 0) is 12.7 Å². The number of para-hydroxylation sites is 1. The minimum absolute atomic E-state index is 0.256. The summed E-state index contributed by atoms with van der Waals surface area (Å²) in [6.07, 6.45) is -4.39. The molecule has 3 rings (SSSR count). The molecule has 33 heavy (non-hydrogen) atoms. The number of nitrogens with zero attached hydrogens (tertiary/aromatic N) is 1. The Balaban J connectivity index is 2.10. The third-order valence-corrected chi connectivity index (χ3v) is 5.32. The molecule has 1 amide bonds. The molecule has 0 atom stereocenters. The summed E-state index contributed by atoms with van der Waals surface area (Å²) in [6, 6.07) is 14.5. The van der Waals surface area contributed by atoms with Crippen LogP contribution in [0.25, 0.3) is 0 Å². The largest absolute Gasteiger partial charge is 0.416 e. The minimum atomic E-state index is -4.39. The molecule has 8 heteroatoms. The van der Waals surface area contributed by atoms with E-state index < -0.39 is 11.7 Å². The number of hydrogen-bond donors (Lipinski definition) is 3. The number of carbonyl (C=O) groups excluding carboxylic acids is 1. The summed E-state index contributed by atoms with van der Waals surface area (Å²) >= 11 is 0. The maximum absolute atomic E-state index is 13.0. The molecule has 0 aliphatic rings. The summed E-state index contributed by atoms with van der Waals surface area (Å²) in [5, 5.41) is 9.44. The lowest BCUT2D eigenvalue weighted by atomic mass is 10.1. The molecule has 5 nitrogen and oxygen atoms in total. The monoisotopic (exact) mass is 458 g/mol. The molecular weight excluding hydrogens is 429 g/mol. The van der Waals surface area contributed by atoms with Crippen LogP contribution >= 0.6 is 0 Å². The average molecular weight is 459 g/mol. The van der Waals surface area contributed by atoms with E-state index in [9.17, 15) is 18.0 Å². The van der Waals surface area contributed by atoms with Crippen molar-refractivity contribution in [2.45, 2.75) is 33.5 Å². The molecule has 0 aliphatic carbocycles. The van der Waals surface area contributed by atoms with Gasteiger partial charge in [0, 0.05) is 31.5 Å². The molecule has 3 aromatic rings. The summed E-state index contributed by atoms with van der Waals surface area (Å²) in [4.78, 5) is 12.9. The number of carbonyl (C=O) groups is 1. The van der Waals surface area contributed by atoms with Gasteiger partial charge in [0.15, 0.2) is 0 Å². The maximum Gasteiger partial charge on any atom is 0.416 e. The summed E-state index contributed by atoms with van der Waals surface area (Å²) < 4.78 is 40.9. The highest BCUT2D eigenvalue weighted by molar-refractivity contribution is 6.06. The third-order valence-electron chi connectivity index (χ3n) is 5.32. The van der Waals surface area contributed by atoms with E-state index in [0.29, 0.717) is 41.6 Å². The lowest BCUT2D eigenvalue weighted by Crippen LogP contribution is -2.21. The Morgan fingerprint density at radius 2 is 1.67 bits per heavy atom. The number of nitrogens with one attached hydrogen (secondary N) is 3. The molecule has 1 heterocycles. The predicted molar refractivity (Wildman–Crippen MR) is 126 cm³/mol. The molecule has 0 radical (unpaired) electrons. The number of aromatic nitrogens is 1. The van der Waals surface area contributed by atoms with E-state index in [2.05, 4.69) is 29.8 Å². The van der Waals surface area contributed by atoms with Gasteiger partial charge in [0.25, 0.3) is 5.91 Å². The summed E-state index contributed by atoms with van der Waals surface area (Å²) in [7, 11) is 1.57. The molecular formula is C25H29F3N4O. The fourth-order valence-electron chi connectivity index (χ4n) is 3.57. The van der Waals surface area contributed by atoms with Crippen molar-refractivity contribution in [1.29, 1.82) is 0 Å². The first kappa shape index (κ1) is 24.2. The molecule has 0 aliphatic heterocycles. The highest BCUT2D eigenvalue weighted by Gasteiger charge is 2.30. The van der Waals surface area contributed by atoms with Crippen LogP contribution < -0.4 is 16.0 Å². The maximum atomic E-state index is 13.0. The molecule has 3 N–H and O–H groups in total. The summed E-state index contributed by atoms with van der Waals surface area (Å²) in [5.41, 5.74) is 2.77. The Labute approximate surface area is 192 Å². The lowest BCUT2D eigenvalue weighted by molar-refractivity contribution is -0.137. The zero-order chi connectivity index (χ0) is 24.2. The minimum Gasteiger partial charge on any atom is -0.383 e. The van der Waals surface area contributed by atoms with E-state index in [1.807, 2.05) is 41.8 Å². The third kappa shape index (κ3) is 5.69. The topological polar surface area (TPSA) is 58.1 Å². The van der Waals surface area contributed by atoms with Crippen molar-refractivity contribution in [2.24, 2.45) is 5.92 Å². The Bertz CT molecular complexity index is 1090. The van der Waals surface area contributed by atoms with Crippen LogP contribution in [0.3, 0.4) is 0 Å². The Kier molecular flexibility index (Phi) is 7.36. The van der Waals surface area contributed by atoms with Gasteiger partial charge in [-0.05, 0) is 42.7 Å². The van der Waals surface area contributed by atoms with Gasteiger partial charge in [-0.2, -0.15) is 13.2 Å². The highest BCUT2D eigenvalue weighted by Crippen LogP contribution is 2.35. The summed E-state index contributed by atoms with van der Waals surface area (Å²) in [5.74, 6) is 0.670. The van der Waals surface area contributed by atoms with Gasteiger partial charge in [0.2, 0.25) is 0 Å². The normalized spacial score (nSPS) is 11.5. The van der Waals surface area contributed by atoms with Gasteiger partial charge in [0.1, 0.15) is 11.4 Å². The van der Waals surface area contributed by atoms with Crippen molar-refractivity contribution in [3.8, 4) is 0 Å². The zero-order valence-corrected chi connectivity index (χ0v) is 19.2. The first-order chi connectivity index (χ1) is 15.6. The van der Waals surface area contributed by atoms with Crippen LogP contribution in [0.1, 0.15) is 41.0 Å². The predicted octanol–water partition coefficient (Wildman–Crippen LogP) is 6.03. The molecule has 0 spiro atoms. The van der Waals surface area contributed by atoms with E-state index in [-0.39, 0.29) is 5.91 Å². The first-order valence-corrected chi connectivity index (χ1v) is 10.8. The van der Waals surface area contributed by atoms with Crippen molar-refractivity contribution in [3.05, 3.63) is 77.0 Å². The Morgan fingerprint density at radius 3 is 2.21 bits per heavy atom. The van der Waals surface area contributed by atoms with Crippen molar-refractivity contribution in [2.75, 3.05) is 24.2 Å². The molecule has 0 unspecified atom stereocenters. The molecule has 1 aromatic heterocycles. The number of rotatable bonds is 8.